The van der Waals surface area contributed by atoms with E-state index in [1.165, 1.54) is 29.5 Å². The molecule has 0 heterocycles. The van der Waals surface area contributed by atoms with E-state index < -0.39 is 0 Å². The molecule has 0 aliphatic carbocycles. The van der Waals surface area contributed by atoms with Gasteiger partial charge in [0.05, 0.1) is 0 Å². The molecule has 0 N–H and O–H groups in total. The maximum atomic E-state index is 13.1. The summed E-state index contributed by atoms with van der Waals surface area (Å²) in [7, 11) is 0. The number of carbonyl (C=O) groups is 1. The molecule has 2 rings (SSSR count). The van der Waals surface area contributed by atoms with E-state index in [0.29, 0.717) is 12.5 Å². The second-order valence-electron chi connectivity index (χ2n) is 7.78. The van der Waals surface area contributed by atoms with E-state index in [1.54, 1.807) is 0 Å². The Labute approximate surface area is 164 Å². The average Bonchev–Trinajstić information content (AvgIpc) is 2.66. The molecule has 144 valence electrons. The van der Waals surface area contributed by atoms with Crippen LogP contribution in [0.4, 0.5) is 0 Å². The molecule has 0 radical (unpaired) electrons. The van der Waals surface area contributed by atoms with Crippen molar-refractivity contribution in [2.75, 3.05) is 13.1 Å². The number of rotatable bonds is 9. The predicted octanol–water partition coefficient (Wildman–Crippen LogP) is 6.23. The van der Waals surface area contributed by atoms with Gasteiger partial charge >= 0.3 is 0 Å². The van der Waals surface area contributed by atoms with Crippen molar-refractivity contribution >= 4 is 12.0 Å². The van der Waals surface area contributed by atoms with Crippen LogP contribution in [-0.2, 0) is 6.42 Å². The van der Waals surface area contributed by atoms with Crippen molar-refractivity contribution < 1.29 is 4.79 Å². The van der Waals surface area contributed by atoms with Gasteiger partial charge in [0.2, 0.25) is 0 Å². The van der Waals surface area contributed by atoms with Gasteiger partial charge in [-0.3, -0.25) is 4.79 Å². The van der Waals surface area contributed by atoms with E-state index in [1.807, 2.05) is 35.2 Å². The standard InChI is InChI=1S/C25H33NO/c1-5-6-10-22-13-15-24(16-14-22)25(27)26(18-20(2)3)19-21(4)17-23-11-8-7-9-12-23/h7-9,11-17,20H,5-6,10,18-19H2,1-4H3/b21-17+. The lowest BCUT2D eigenvalue weighted by Crippen LogP contribution is -2.35. The molecule has 0 aromatic heterocycles. The molecule has 2 aromatic carbocycles. The first-order chi connectivity index (χ1) is 13.0. The SMILES string of the molecule is CCCCc1ccc(C(=O)N(C/C(C)=C/c2ccccc2)CC(C)C)cc1. The molecular weight excluding hydrogens is 330 g/mol. The van der Waals surface area contributed by atoms with Crippen LogP contribution in [0.3, 0.4) is 0 Å². The second kappa shape index (κ2) is 10.7. The van der Waals surface area contributed by atoms with E-state index in [2.05, 4.69) is 58.0 Å². The second-order valence-corrected chi connectivity index (χ2v) is 7.78. The molecule has 2 heteroatoms. The first kappa shape index (κ1) is 21.0. The number of aryl methyl sites for hydroxylation is 1. The monoisotopic (exact) mass is 363 g/mol. The summed E-state index contributed by atoms with van der Waals surface area (Å²) in [5.74, 6) is 0.550. The first-order valence-corrected chi connectivity index (χ1v) is 10.1. The Morgan fingerprint density at radius 2 is 1.70 bits per heavy atom. The van der Waals surface area contributed by atoms with Gasteiger partial charge in [-0.2, -0.15) is 0 Å². The summed E-state index contributed by atoms with van der Waals surface area (Å²) in [6.07, 6.45) is 5.63. The molecule has 0 spiro atoms. The number of amides is 1. The van der Waals surface area contributed by atoms with Crippen LogP contribution in [0, 0.1) is 5.92 Å². The Morgan fingerprint density at radius 3 is 2.30 bits per heavy atom. The topological polar surface area (TPSA) is 20.3 Å². The fourth-order valence-electron chi connectivity index (χ4n) is 3.22. The third kappa shape index (κ3) is 7.05. The van der Waals surface area contributed by atoms with Gasteiger partial charge in [0.1, 0.15) is 0 Å². The van der Waals surface area contributed by atoms with Gasteiger partial charge in [-0.05, 0) is 48.9 Å². The van der Waals surface area contributed by atoms with Gasteiger partial charge in [-0.25, -0.2) is 0 Å². The summed E-state index contributed by atoms with van der Waals surface area (Å²) in [6, 6.07) is 18.4. The minimum absolute atomic E-state index is 0.117. The van der Waals surface area contributed by atoms with E-state index in [9.17, 15) is 4.79 Å². The summed E-state index contributed by atoms with van der Waals surface area (Å²) >= 11 is 0. The summed E-state index contributed by atoms with van der Waals surface area (Å²) in [4.78, 5) is 15.1. The Hall–Kier alpha value is -2.35. The molecule has 0 aliphatic heterocycles. The van der Waals surface area contributed by atoms with Crippen molar-refractivity contribution in [2.24, 2.45) is 5.92 Å². The van der Waals surface area contributed by atoms with Crippen molar-refractivity contribution in [1.29, 1.82) is 0 Å². The quantitative estimate of drug-likeness (QED) is 0.517. The molecule has 0 saturated carbocycles. The fourth-order valence-corrected chi connectivity index (χ4v) is 3.22. The lowest BCUT2D eigenvalue weighted by atomic mass is 10.0. The van der Waals surface area contributed by atoms with Gasteiger partial charge in [0.15, 0.2) is 0 Å². The molecule has 0 saturated heterocycles. The van der Waals surface area contributed by atoms with Crippen LogP contribution >= 0.6 is 0 Å². The van der Waals surface area contributed by atoms with Gasteiger partial charge < -0.3 is 4.90 Å². The molecule has 27 heavy (non-hydrogen) atoms. The molecule has 0 unspecified atom stereocenters. The highest BCUT2D eigenvalue weighted by Gasteiger charge is 2.17. The van der Waals surface area contributed by atoms with E-state index >= 15 is 0 Å². The molecular formula is C25H33NO. The van der Waals surface area contributed by atoms with E-state index in [0.717, 1.165) is 18.5 Å². The lowest BCUT2D eigenvalue weighted by molar-refractivity contribution is 0.0752. The highest BCUT2D eigenvalue weighted by molar-refractivity contribution is 5.94. The number of unbranched alkanes of at least 4 members (excludes halogenated alkanes) is 1. The third-order valence-electron chi connectivity index (χ3n) is 4.55. The minimum atomic E-state index is 0.117. The Kier molecular flexibility index (Phi) is 8.32. The largest absolute Gasteiger partial charge is 0.334 e. The summed E-state index contributed by atoms with van der Waals surface area (Å²) < 4.78 is 0. The number of carbonyl (C=O) groups excluding carboxylic acids is 1. The van der Waals surface area contributed by atoms with Crippen molar-refractivity contribution in [1.82, 2.24) is 4.90 Å². The Bertz CT molecular complexity index is 729. The van der Waals surface area contributed by atoms with Crippen LogP contribution in [0.25, 0.3) is 6.08 Å². The van der Waals surface area contributed by atoms with Crippen LogP contribution in [0.5, 0.6) is 0 Å². The molecule has 0 aliphatic rings. The third-order valence-corrected chi connectivity index (χ3v) is 4.55. The van der Waals surface area contributed by atoms with Gasteiger partial charge in [-0.15, -0.1) is 0 Å². The minimum Gasteiger partial charge on any atom is -0.334 e. The highest BCUT2D eigenvalue weighted by atomic mass is 16.2. The Balaban J connectivity index is 2.12. The maximum Gasteiger partial charge on any atom is 0.254 e. The van der Waals surface area contributed by atoms with Crippen LogP contribution in [0.2, 0.25) is 0 Å². The fraction of sp³-hybridized carbons (Fsp3) is 0.400. The highest BCUT2D eigenvalue weighted by Crippen LogP contribution is 2.14. The molecule has 2 nitrogen and oxygen atoms in total. The molecule has 0 bridgehead atoms. The van der Waals surface area contributed by atoms with Crippen LogP contribution in [-0.4, -0.2) is 23.9 Å². The number of benzene rings is 2. The summed E-state index contributed by atoms with van der Waals surface area (Å²) in [5.41, 5.74) is 4.45. The lowest BCUT2D eigenvalue weighted by Gasteiger charge is -2.25. The normalized spacial score (nSPS) is 11.7. The van der Waals surface area contributed by atoms with E-state index in [-0.39, 0.29) is 5.91 Å². The van der Waals surface area contributed by atoms with Crippen LogP contribution < -0.4 is 0 Å². The smallest absolute Gasteiger partial charge is 0.254 e. The van der Waals surface area contributed by atoms with Crippen molar-refractivity contribution in [3.05, 3.63) is 76.9 Å². The molecule has 0 fully saturated rings. The average molecular weight is 364 g/mol. The van der Waals surface area contributed by atoms with E-state index in [4.69, 9.17) is 0 Å². The number of nitrogens with zero attached hydrogens (tertiary/aromatic N) is 1. The molecule has 0 atom stereocenters. The maximum absolute atomic E-state index is 13.1. The number of hydrogen-bond acceptors (Lipinski definition) is 1. The zero-order valence-corrected chi connectivity index (χ0v) is 17.2. The first-order valence-electron chi connectivity index (χ1n) is 10.1. The predicted molar refractivity (Wildman–Crippen MR) is 116 cm³/mol. The van der Waals surface area contributed by atoms with Crippen molar-refractivity contribution in [3.8, 4) is 0 Å². The van der Waals surface area contributed by atoms with Gasteiger partial charge in [0.25, 0.3) is 5.91 Å². The zero-order valence-electron chi connectivity index (χ0n) is 17.2. The number of hydrogen-bond donors (Lipinski definition) is 0. The zero-order chi connectivity index (χ0) is 19.6. The van der Waals surface area contributed by atoms with Crippen LogP contribution in [0.15, 0.2) is 60.2 Å². The van der Waals surface area contributed by atoms with Crippen molar-refractivity contribution in [3.63, 3.8) is 0 Å². The molecule has 2 aromatic rings. The van der Waals surface area contributed by atoms with Gasteiger partial charge in [0, 0.05) is 18.7 Å². The summed E-state index contributed by atoms with van der Waals surface area (Å²) in [5, 5.41) is 0. The molecule has 1 amide bonds. The van der Waals surface area contributed by atoms with Crippen molar-refractivity contribution in [2.45, 2.75) is 47.0 Å². The summed E-state index contributed by atoms with van der Waals surface area (Å²) in [6.45, 7) is 10.0. The van der Waals surface area contributed by atoms with Gasteiger partial charge in [-0.1, -0.05) is 81.3 Å². The Morgan fingerprint density at radius 1 is 1.04 bits per heavy atom. The van der Waals surface area contributed by atoms with Crippen LogP contribution in [0.1, 0.15) is 62.0 Å².